The van der Waals surface area contributed by atoms with Crippen molar-refractivity contribution in [3.63, 3.8) is 0 Å². The molecule has 8 heteroatoms. The Balaban J connectivity index is 2.67. The third kappa shape index (κ3) is 4.60. The summed E-state index contributed by atoms with van der Waals surface area (Å²) in [5.74, 6) is -1.54. The van der Waals surface area contributed by atoms with Crippen LogP contribution in [0.2, 0.25) is 0 Å². The normalized spacial score (nSPS) is 23.8. The number of nitrogens with one attached hydrogen (secondary N) is 1. The molecule has 0 aliphatic carbocycles. The Labute approximate surface area is 118 Å². The Morgan fingerprint density at radius 2 is 2.05 bits per heavy atom. The second-order valence-electron chi connectivity index (χ2n) is 5.30. The van der Waals surface area contributed by atoms with E-state index in [-0.39, 0.29) is 25.9 Å². The second kappa shape index (κ2) is 7.09. The Hall–Kier alpha value is -0.340. The minimum Gasteiger partial charge on any atom is -0.315 e. The lowest BCUT2D eigenvalue weighted by atomic mass is 9.99. The first-order valence-electron chi connectivity index (χ1n) is 6.96. The lowest BCUT2D eigenvalue weighted by molar-refractivity contribution is -0.182. The van der Waals surface area contributed by atoms with Crippen molar-refractivity contribution in [1.29, 1.82) is 0 Å². The molecule has 0 radical (unpaired) electrons. The highest BCUT2D eigenvalue weighted by atomic mass is 32.2. The van der Waals surface area contributed by atoms with Crippen molar-refractivity contribution >= 4 is 10.0 Å². The van der Waals surface area contributed by atoms with E-state index >= 15 is 0 Å². The summed E-state index contributed by atoms with van der Waals surface area (Å²) in [6.07, 6.45) is -3.17. The standard InChI is InChI=1S/C12H23F3N2O2S/c1-3-6-16-8-10(2)20(18,19)17-7-4-5-11(9-17)12(13,14)15/h10-11,16H,3-9H2,1-2H3. The van der Waals surface area contributed by atoms with Crippen LogP contribution in [0.4, 0.5) is 13.2 Å². The Morgan fingerprint density at radius 3 is 2.60 bits per heavy atom. The lowest BCUT2D eigenvalue weighted by Crippen LogP contribution is -2.49. The smallest absolute Gasteiger partial charge is 0.315 e. The Kier molecular flexibility index (Phi) is 6.27. The Morgan fingerprint density at radius 1 is 1.40 bits per heavy atom. The third-order valence-corrected chi connectivity index (χ3v) is 5.81. The van der Waals surface area contributed by atoms with E-state index in [4.69, 9.17) is 0 Å². The molecule has 0 saturated carbocycles. The summed E-state index contributed by atoms with van der Waals surface area (Å²) in [7, 11) is -3.66. The molecule has 1 fully saturated rings. The molecule has 0 spiro atoms. The summed E-state index contributed by atoms with van der Waals surface area (Å²) in [4.78, 5) is 0. The minimum absolute atomic E-state index is 0.0119. The monoisotopic (exact) mass is 316 g/mol. The van der Waals surface area contributed by atoms with Gasteiger partial charge in [0.25, 0.3) is 0 Å². The van der Waals surface area contributed by atoms with Gasteiger partial charge in [0.2, 0.25) is 10.0 Å². The van der Waals surface area contributed by atoms with E-state index in [1.165, 1.54) is 6.92 Å². The molecule has 1 rings (SSSR count). The topological polar surface area (TPSA) is 49.4 Å². The van der Waals surface area contributed by atoms with Gasteiger partial charge in [0.05, 0.1) is 11.2 Å². The predicted octanol–water partition coefficient (Wildman–Crippen LogP) is 1.98. The summed E-state index contributed by atoms with van der Waals surface area (Å²) in [6.45, 7) is 4.21. The maximum atomic E-state index is 12.7. The molecule has 0 aromatic carbocycles. The number of alkyl halides is 3. The molecule has 1 N–H and O–H groups in total. The van der Waals surface area contributed by atoms with Gasteiger partial charge in [-0.1, -0.05) is 6.92 Å². The molecule has 0 aromatic heterocycles. The van der Waals surface area contributed by atoms with Gasteiger partial charge in [-0.25, -0.2) is 12.7 Å². The van der Waals surface area contributed by atoms with Crippen LogP contribution in [0.5, 0.6) is 0 Å². The Bertz CT molecular complexity index is 398. The van der Waals surface area contributed by atoms with Gasteiger partial charge in [0.15, 0.2) is 0 Å². The zero-order valence-corrected chi connectivity index (χ0v) is 12.7. The van der Waals surface area contributed by atoms with Crippen LogP contribution < -0.4 is 5.32 Å². The number of hydrogen-bond acceptors (Lipinski definition) is 3. The summed E-state index contributed by atoms with van der Waals surface area (Å²) >= 11 is 0. The predicted molar refractivity (Wildman–Crippen MR) is 71.9 cm³/mol. The highest BCUT2D eigenvalue weighted by Gasteiger charge is 2.44. The SMILES string of the molecule is CCCNCC(C)S(=O)(=O)N1CCCC(C(F)(F)F)C1. The van der Waals surface area contributed by atoms with Gasteiger partial charge in [0, 0.05) is 19.6 Å². The quantitative estimate of drug-likeness (QED) is 0.762. The van der Waals surface area contributed by atoms with Crippen LogP contribution in [0.1, 0.15) is 33.1 Å². The number of halogens is 3. The fourth-order valence-corrected chi connectivity index (χ4v) is 3.89. The molecular weight excluding hydrogens is 293 g/mol. The molecule has 4 nitrogen and oxygen atoms in total. The van der Waals surface area contributed by atoms with Crippen LogP contribution in [0.3, 0.4) is 0 Å². The second-order valence-corrected chi connectivity index (χ2v) is 7.65. The van der Waals surface area contributed by atoms with Crippen LogP contribution in [-0.2, 0) is 10.0 Å². The van der Waals surface area contributed by atoms with Gasteiger partial charge in [0.1, 0.15) is 0 Å². The molecule has 0 bridgehead atoms. The van der Waals surface area contributed by atoms with Crippen LogP contribution in [0.25, 0.3) is 0 Å². The molecule has 20 heavy (non-hydrogen) atoms. The number of piperidine rings is 1. The molecule has 1 aliphatic rings. The lowest BCUT2D eigenvalue weighted by Gasteiger charge is -2.34. The molecular formula is C12H23F3N2O2S. The molecule has 1 heterocycles. The summed E-state index contributed by atoms with van der Waals surface area (Å²) in [5.41, 5.74) is 0. The van der Waals surface area contributed by atoms with Gasteiger partial charge in [-0.05, 0) is 32.7 Å². The number of hydrogen-bond donors (Lipinski definition) is 1. The number of sulfonamides is 1. The van der Waals surface area contributed by atoms with E-state index in [1.807, 2.05) is 6.92 Å². The van der Waals surface area contributed by atoms with Gasteiger partial charge in [-0.3, -0.25) is 0 Å². The highest BCUT2D eigenvalue weighted by molar-refractivity contribution is 7.89. The maximum Gasteiger partial charge on any atom is 0.393 e. The first kappa shape index (κ1) is 17.7. The molecule has 0 amide bonds. The van der Waals surface area contributed by atoms with Gasteiger partial charge < -0.3 is 5.32 Å². The van der Waals surface area contributed by atoms with E-state index in [1.54, 1.807) is 0 Å². The van der Waals surface area contributed by atoms with Crippen molar-refractivity contribution < 1.29 is 21.6 Å². The van der Waals surface area contributed by atoms with Crippen molar-refractivity contribution in [2.24, 2.45) is 5.92 Å². The first-order chi connectivity index (χ1) is 9.19. The van der Waals surface area contributed by atoms with Gasteiger partial charge in [-0.15, -0.1) is 0 Å². The van der Waals surface area contributed by atoms with E-state index in [2.05, 4.69) is 5.32 Å². The molecule has 120 valence electrons. The van der Waals surface area contributed by atoms with Crippen molar-refractivity contribution in [3.05, 3.63) is 0 Å². The largest absolute Gasteiger partial charge is 0.393 e. The van der Waals surface area contributed by atoms with E-state index in [0.717, 1.165) is 10.7 Å². The summed E-state index contributed by atoms with van der Waals surface area (Å²) < 4.78 is 63.7. The highest BCUT2D eigenvalue weighted by Crippen LogP contribution is 2.34. The van der Waals surface area contributed by atoms with Crippen molar-refractivity contribution in [2.75, 3.05) is 26.2 Å². The summed E-state index contributed by atoms with van der Waals surface area (Å²) in [6, 6.07) is 0. The van der Waals surface area contributed by atoms with Crippen LogP contribution in [0.15, 0.2) is 0 Å². The zero-order valence-electron chi connectivity index (χ0n) is 11.9. The number of nitrogens with zero attached hydrogens (tertiary/aromatic N) is 1. The maximum absolute atomic E-state index is 12.7. The minimum atomic E-state index is -4.32. The average Bonchev–Trinajstić information content (AvgIpc) is 2.38. The molecule has 1 aliphatic heterocycles. The fourth-order valence-electron chi connectivity index (χ4n) is 2.28. The molecule has 0 aromatic rings. The molecule has 2 unspecified atom stereocenters. The first-order valence-corrected chi connectivity index (χ1v) is 8.46. The van der Waals surface area contributed by atoms with Gasteiger partial charge in [-0.2, -0.15) is 13.2 Å². The average molecular weight is 316 g/mol. The van der Waals surface area contributed by atoms with Crippen molar-refractivity contribution in [2.45, 2.75) is 44.5 Å². The number of rotatable bonds is 6. The van der Waals surface area contributed by atoms with Gasteiger partial charge >= 0.3 is 6.18 Å². The fraction of sp³-hybridized carbons (Fsp3) is 1.00. The van der Waals surface area contributed by atoms with E-state index in [0.29, 0.717) is 6.54 Å². The molecule has 1 saturated heterocycles. The third-order valence-electron chi connectivity index (χ3n) is 3.57. The van der Waals surface area contributed by atoms with Crippen LogP contribution in [-0.4, -0.2) is 50.3 Å². The van der Waals surface area contributed by atoms with Crippen molar-refractivity contribution in [3.8, 4) is 0 Å². The zero-order chi connectivity index (χ0) is 15.4. The summed E-state index contributed by atoms with van der Waals surface area (Å²) in [5, 5.41) is 2.29. The van der Waals surface area contributed by atoms with E-state index < -0.39 is 33.9 Å². The van der Waals surface area contributed by atoms with Crippen LogP contribution >= 0.6 is 0 Å². The molecule has 2 atom stereocenters. The van der Waals surface area contributed by atoms with Crippen LogP contribution in [0, 0.1) is 5.92 Å². The van der Waals surface area contributed by atoms with Crippen molar-refractivity contribution in [1.82, 2.24) is 9.62 Å². The van der Waals surface area contributed by atoms with E-state index in [9.17, 15) is 21.6 Å².